The highest BCUT2D eigenvalue weighted by molar-refractivity contribution is 5.97. The highest BCUT2D eigenvalue weighted by Gasteiger charge is 2.52. The topological polar surface area (TPSA) is 98.3 Å². The molecule has 1 aliphatic heterocycles. The van der Waals surface area contributed by atoms with E-state index >= 15 is 0 Å². The number of hydrogen-bond acceptors (Lipinski definition) is 7. The summed E-state index contributed by atoms with van der Waals surface area (Å²) in [5.74, 6) is -1.19. The van der Waals surface area contributed by atoms with Crippen molar-refractivity contribution in [3.05, 3.63) is 54.0 Å². The van der Waals surface area contributed by atoms with Crippen molar-refractivity contribution in [2.75, 3.05) is 24.5 Å². The number of carbonyl (C=O) groups is 1. The first-order chi connectivity index (χ1) is 17.0. The van der Waals surface area contributed by atoms with Crippen LogP contribution >= 0.6 is 0 Å². The van der Waals surface area contributed by atoms with Crippen molar-refractivity contribution in [2.24, 2.45) is 0 Å². The van der Waals surface area contributed by atoms with Gasteiger partial charge in [0.05, 0.1) is 6.20 Å². The minimum Gasteiger partial charge on any atom is -0.445 e. The number of ether oxygens (including phenoxy) is 1. The Bertz CT molecular complexity index is 1430. The Morgan fingerprint density at radius 3 is 2.56 bits per heavy atom. The quantitative estimate of drug-likeness (QED) is 0.408. The van der Waals surface area contributed by atoms with Crippen LogP contribution in [0.5, 0.6) is 0 Å². The number of nitrogens with zero attached hydrogens (tertiary/aromatic N) is 5. The van der Waals surface area contributed by atoms with Crippen molar-refractivity contribution >= 4 is 22.8 Å². The van der Waals surface area contributed by atoms with Crippen molar-refractivity contribution in [1.29, 1.82) is 0 Å². The maximum atomic E-state index is 14.0. The fraction of sp³-hybridized carbons (Fsp3) is 0.304. The normalized spacial score (nSPS) is 16.9. The highest BCUT2D eigenvalue weighted by atomic mass is 19.3. The van der Waals surface area contributed by atoms with Gasteiger partial charge >= 0.3 is 12.2 Å². The Balaban J connectivity index is 1.63. The van der Waals surface area contributed by atoms with Crippen molar-refractivity contribution in [3.8, 4) is 17.1 Å². The van der Waals surface area contributed by atoms with Crippen molar-refractivity contribution in [2.45, 2.75) is 26.1 Å². The molecule has 0 radical (unpaired) electrons. The first-order valence-corrected chi connectivity index (χ1v) is 11.0. The van der Waals surface area contributed by atoms with Gasteiger partial charge in [-0.3, -0.25) is 9.53 Å². The Kier molecular flexibility index (Phi) is 5.66. The molecule has 0 atom stereocenters. The van der Waals surface area contributed by atoms with Crippen LogP contribution in [0, 0.1) is 6.92 Å². The number of furan rings is 1. The standard InChI is InChI=1S/C23H20F4N6O3/c1-3-28-20(34)17-8-16-18(35-17)19(32-11-22(24,25)36-23(26,27)12-32)31-21(30-16)33-10-15(9-29-33)14-6-4-5-13(2)7-14/h4-10H,3,11-12H2,1-2H3,(H,28,34). The number of rotatable bonds is 5. The molecule has 0 bridgehead atoms. The van der Waals surface area contributed by atoms with Crippen LogP contribution < -0.4 is 10.2 Å². The lowest BCUT2D eigenvalue weighted by Crippen LogP contribution is -2.55. The van der Waals surface area contributed by atoms with Crippen molar-refractivity contribution in [1.82, 2.24) is 25.1 Å². The van der Waals surface area contributed by atoms with Gasteiger partial charge < -0.3 is 14.6 Å². The minimum atomic E-state index is -4.15. The molecule has 1 aliphatic rings. The molecule has 1 saturated heterocycles. The van der Waals surface area contributed by atoms with Gasteiger partial charge in [0, 0.05) is 24.4 Å². The number of amides is 1. The number of hydrogen-bond donors (Lipinski definition) is 1. The fourth-order valence-electron chi connectivity index (χ4n) is 3.92. The molecule has 9 nitrogen and oxygen atoms in total. The Morgan fingerprint density at radius 2 is 1.86 bits per heavy atom. The average molecular weight is 504 g/mol. The van der Waals surface area contributed by atoms with Crippen molar-refractivity contribution < 1.29 is 31.5 Å². The molecule has 188 valence electrons. The lowest BCUT2D eigenvalue weighted by molar-refractivity contribution is -0.380. The smallest absolute Gasteiger partial charge is 0.377 e. The Morgan fingerprint density at radius 1 is 1.11 bits per heavy atom. The second-order valence-electron chi connectivity index (χ2n) is 8.31. The molecule has 13 heteroatoms. The zero-order valence-corrected chi connectivity index (χ0v) is 19.1. The molecule has 36 heavy (non-hydrogen) atoms. The van der Waals surface area contributed by atoms with Crippen LogP contribution in [0.25, 0.3) is 28.2 Å². The summed E-state index contributed by atoms with van der Waals surface area (Å²) in [5.41, 5.74) is 2.49. The summed E-state index contributed by atoms with van der Waals surface area (Å²) in [6.07, 6.45) is -5.13. The number of morpholine rings is 1. The van der Waals surface area contributed by atoms with E-state index in [4.69, 9.17) is 4.42 Å². The van der Waals surface area contributed by atoms with Gasteiger partial charge in [-0.05, 0) is 19.4 Å². The van der Waals surface area contributed by atoms with Gasteiger partial charge in [-0.25, -0.2) is 9.67 Å². The van der Waals surface area contributed by atoms with E-state index < -0.39 is 31.2 Å². The maximum absolute atomic E-state index is 14.0. The van der Waals surface area contributed by atoms with E-state index in [1.54, 1.807) is 19.3 Å². The molecule has 1 aromatic carbocycles. The van der Waals surface area contributed by atoms with Gasteiger partial charge in [-0.2, -0.15) is 27.6 Å². The van der Waals surface area contributed by atoms with Crippen LogP contribution in [-0.4, -0.2) is 57.5 Å². The third-order valence-corrected chi connectivity index (χ3v) is 5.39. The summed E-state index contributed by atoms with van der Waals surface area (Å²) in [4.78, 5) is 21.5. The SMILES string of the molecule is CCNC(=O)c1cc2nc(-n3cc(-c4cccc(C)c4)cn3)nc(N3CC(F)(F)OC(F)(F)C3)c2o1. The number of aromatic nitrogens is 4. The van der Waals surface area contributed by atoms with Crippen LogP contribution in [0.4, 0.5) is 23.4 Å². The Labute approximate surface area is 201 Å². The van der Waals surface area contributed by atoms with Crippen LogP contribution in [-0.2, 0) is 4.74 Å². The van der Waals surface area contributed by atoms with E-state index in [2.05, 4.69) is 25.1 Å². The van der Waals surface area contributed by atoms with Crippen LogP contribution in [0.3, 0.4) is 0 Å². The molecule has 3 aromatic heterocycles. The number of carbonyl (C=O) groups excluding carboxylic acids is 1. The number of aryl methyl sites for hydroxylation is 1. The molecule has 1 amide bonds. The first kappa shape index (κ1) is 23.7. The number of halogens is 4. The summed E-state index contributed by atoms with van der Waals surface area (Å²) in [6.45, 7) is 1.52. The van der Waals surface area contributed by atoms with E-state index in [1.165, 1.54) is 10.7 Å². The molecule has 5 rings (SSSR count). The molecule has 0 saturated carbocycles. The average Bonchev–Trinajstić information content (AvgIpc) is 3.44. The third kappa shape index (κ3) is 4.61. The molecule has 0 spiro atoms. The number of anilines is 1. The molecule has 4 aromatic rings. The maximum Gasteiger partial charge on any atom is 0.377 e. The molecule has 1 N–H and O–H groups in total. The lowest BCUT2D eigenvalue weighted by atomic mass is 10.1. The van der Waals surface area contributed by atoms with Gasteiger partial charge in [-0.1, -0.05) is 29.8 Å². The third-order valence-electron chi connectivity index (χ3n) is 5.39. The number of fused-ring (bicyclic) bond motifs is 1. The second-order valence-corrected chi connectivity index (χ2v) is 8.31. The second kappa shape index (κ2) is 8.59. The van der Waals surface area contributed by atoms with Gasteiger partial charge in [-0.15, -0.1) is 0 Å². The fourth-order valence-corrected chi connectivity index (χ4v) is 3.92. The predicted molar refractivity (Wildman–Crippen MR) is 120 cm³/mol. The van der Waals surface area contributed by atoms with E-state index in [0.29, 0.717) is 11.4 Å². The zero-order valence-electron chi connectivity index (χ0n) is 19.1. The number of nitrogens with one attached hydrogen (secondary N) is 1. The predicted octanol–water partition coefficient (Wildman–Crippen LogP) is 4.16. The van der Waals surface area contributed by atoms with E-state index in [1.807, 2.05) is 31.2 Å². The highest BCUT2D eigenvalue weighted by Crippen LogP contribution is 2.38. The van der Waals surface area contributed by atoms with Crippen LogP contribution in [0.15, 0.2) is 47.1 Å². The van der Waals surface area contributed by atoms with E-state index in [0.717, 1.165) is 16.7 Å². The van der Waals surface area contributed by atoms with Gasteiger partial charge in [0.15, 0.2) is 17.2 Å². The van der Waals surface area contributed by atoms with Gasteiger partial charge in [0.25, 0.3) is 11.9 Å². The molecular weight excluding hydrogens is 484 g/mol. The summed E-state index contributed by atoms with van der Waals surface area (Å²) < 4.78 is 66.5. The summed E-state index contributed by atoms with van der Waals surface area (Å²) in [7, 11) is 0. The lowest BCUT2D eigenvalue weighted by Gasteiger charge is -2.37. The first-order valence-electron chi connectivity index (χ1n) is 11.0. The molecule has 0 aliphatic carbocycles. The largest absolute Gasteiger partial charge is 0.445 e. The van der Waals surface area contributed by atoms with Crippen LogP contribution in [0.2, 0.25) is 0 Å². The van der Waals surface area contributed by atoms with E-state index in [9.17, 15) is 22.4 Å². The molecule has 1 fully saturated rings. The number of alkyl halides is 4. The minimum absolute atomic E-state index is 0.0574. The van der Waals surface area contributed by atoms with E-state index in [-0.39, 0.29) is 28.6 Å². The summed E-state index contributed by atoms with van der Waals surface area (Å²) >= 11 is 0. The van der Waals surface area contributed by atoms with Crippen molar-refractivity contribution in [3.63, 3.8) is 0 Å². The molecule has 0 unspecified atom stereocenters. The molecular formula is C23H20F4N6O3. The Hall–Kier alpha value is -4.00. The zero-order chi connectivity index (χ0) is 25.7. The number of benzene rings is 1. The molecule has 4 heterocycles. The van der Waals surface area contributed by atoms with Crippen LogP contribution in [0.1, 0.15) is 23.0 Å². The van der Waals surface area contributed by atoms with Gasteiger partial charge in [0.1, 0.15) is 18.6 Å². The summed E-state index contributed by atoms with van der Waals surface area (Å²) in [6, 6.07) is 8.95. The monoisotopic (exact) mass is 504 g/mol. The van der Waals surface area contributed by atoms with Gasteiger partial charge in [0.2, 0.25) is 0 Å². The summed E-state index contributed by atoms with van der Waals surface area (Å²) in [5, 5.41) is 6.80.